The van der Waals surface area contributed by atoms with Crippen LogP contribution in [0, 0.1) is 0 Å². The quantitative estimate of drug-likeness (QED) is 0.476. The summed E-state index contributed by atoms with van der Waals surface area (Å²) in [4.78, 5) is 0. The molecule has 4 atom stereocenters. The van der Waals surface area contributed by atoms with Crippen LogP contribution in [0.1, 0.15) is 0 Å². The molecule has 0 radical (unpaired) electrons. The first kappa shape index (κ1) is 6.54. The second-order valence-electron chi connectivity index (χ2n) is 2.64. The van der Waals surface area contributed by atoms with Gasteiger partial charge in [-0.05, 0) is 0 Å². The van der Waals surface area contributed by atoms with Crippen LogP contribution in [0.3, 0.4) is 0 Å². The number of epoxide rings is 2. The smallest absolute Gasteiger partial charge is 0.115 e. The van der Waals surface area contributed by atoms with Crippen LogP contribution in [0.2, 0.25) is 0 Å². The van der Waals surface area contributed by atoms with Gasteiger partial charge < -0.3 is 19.7 Å². The van der Waals surface area contributed by atoms with Gasteiger partial charge in [0.2, 0.25) is 0 Å². The van der Waals surface area contributed by atoms with E-state index in [4.69, 9.17) is 19.7 Å². The Kier molecular flexibility index (Phi) is 1.42. The SMILES string of the molecule is OC[C@H]1O[C@@H]1[C@H]1O[C@@H]1CO. The molecule has 2 aliphatic heterocycles. The van der Waals surface area contributed by atoms with E-state index in [1.807, 2.05) is 0 Å². The van der Waals surface area contributed by atoms with Crippen LogP contribution in [0.5, 0.6) is 0 Å². The summed E-state index contributed by atoms with van der Waals surface area (Å²) in [5.41, 5.74) is 0. The van der Waals surface area contributed by atoms with Gasteiger partial charge in [0.15, 0.2) is 0 Å². The van der Waals surface area contributed by atoms with E-state index in [2.05, 4.69) is 0 Å². The van der Waals surface area contributed by atoms with E-state index in [9.17, 15) is 0 Å². The summed E-state index contributed by atoms with van der Waals surface area (Å²) in [6.07, 6.45) is 0.00685. The Morgan fingerprint density at radius 1 is 0.900 bits per heavy atom. The lowest BCUT2D eigenvalue weighted by atomic mass is 10.2. The van der Waals surface area contributed by atoms with E-state index in [1.54, 1.807) is 0 Å². The molecular formula is C6H10O4. The van der Waals surface area contributed by atoms with Crippen molar-refractivity contribution in [2.45, 2.75) is 24.4 Å². The second-order valence-corrected chi connectivity index (χ2v) is 2.64. The summed E-state index contributed by atoms with van der Waals surface area (Å²) >= 11 is 0. The summed E-state index contributed by atoms with van der Waals surface area (Å²) in [5.74, 6) is 0. The van der Waals surface area contributed by atoms with Gasteiger partial charge in [-0.3, -0.25) is 0 Å². The summed E-state index contributed by atoms with van der Waals surface area (Å²) in [6, 6.07) is 0. The van der Waals surface area contributed by atoms with Crippen molar-refractivity contribution in [1.29, 1.82) is 0 Å². The van der Waals surface area contributed by atoms with Gasteiger partial charge in [-0.25, -0.2) is 0 Å². The number of hydrogen-bond donors (Lipinski definition) is 2. The van der Waals surface area contributed by atoms with Crippen molar-refractivity contribution < 1.29 is 19.7 Å². The molecule has 2 N–H and O–H groups in total. The largest absolute Gasteiger partial charge is 0.394 e. The van der Waals surface area contributed by atoms with Crippen LogP contribution in [-0.4, -0.2) is 47.8 Å². The normalized spacial score (nSPS) is 51.0. The fourth-order valence-corrected chi connectivity index (χ4v) is 1.18. The van der Waals surface area contributed by atoms with Crippen molar-refractivity contribution in [2.75, 3.05) is 13.2 Å². The fourth-order valence-electron chi connectivity index (χ4n) is 1.18. The molecular weight excluding hydrogens is 136 g/mol. The predicted octanol–water partition coefficient (Wildman–Crippen LogP) is -1.49. The molecule has 0 saturated carbocycles. The first-order valence-corrected chi connectivity index (χ1v) is 3.39. The minimum atomic E-state index is -0.0402. The van der Waals surface area contributed by atoms with E-state index in [0.29, 0.717) is 0 Å². The van der Waals surface area contributed by atoms with Crippen LogP contribution in [0.25, 0.3) is 0 Å². The topological polar surface area (TPSA) is 65.5 Å². The van der Waals surface area contributed by atoms with Gasteiger partial charge in [0.05, 0.1) is 13.2 Å². The average molecular weight is 146 g/mol. The number of aliphatic hydroxyl groups excluding tert-OH is 2. The van der Waals surface area contributed by atoms with E-state index in [1.165, 1.54) is 0 Å². The highest BCUT2D eigenvalue weighted by Gasteiger charge is 2.56. The molecule has 2 heterocycles. The molecule has 2 rings (SSSR count). The number of ether oxygens (including phenoxy) is 2. The van der Waals surface area contributed by atoms with E-state index in [-0.39, 0.29) is 37.6 Å². The molecule has 0 aliphatic carbocycles. The number of aliphatic hydroxyl groups is 2. The lowest BCUT2D eigenvalue weighted by Crippen LogP contribution is -2.09. The number of hydrogen-bond acceptors (Lipinski definition) is 4. The molecule has 4 nitrogen and oxygen atoms in total. The Bertz CT molecular complexity index is 122. The Morgan fingerprint density at radius 3 is 1.50 bits per heavy atom. The van der Waals surface area contributed by atoms with Crippen molar-refractivity contribution in [3.05, 3.63) is 0 Å². The maximum absolute atomic E-state index is 8.57. The Hall–Kier alpha value is -0.160. The van der Waals surface area contributed by atoms with Crippen LogP contribution in [0.4, 0.5) is 0 Å². The molecule has 0 aromatic rings. The molecule has 58 valence electrons. The second kappa shape index (κ2) is 2.17. The third kappa shape index (κ3) is 0.932. The van der Waals surface area contributed by atoms with Crippen LogP contribution < -0.4 is 0 Å². The highest BCUT2D eigenvalue weighted by atomic mass is 16.7. The molecule has 0 bridgehead atoms. The number of rotatable bonds is 3. The van der Waals surface area contributed by atoms with Gasteiger partial charge in [0, 0.05) is 0 Å². The minimum absolute atomic E-state index is 0.0402. The van der Waals surface area contributed by atoms with Crippen molar-refractivity contribution in [1.82, 2.24) is 0 Å². The van der Waals surface area contributed by atoms with Crippen molar-refractivity contribution in [3.8, 4) is 0 Å². The van der Waals surface area contributed by atoms with Crippen LogP contribution in [-0.2, 0) is 9.47 Å². The molecule has 4 heteroatoms. The zero-order valence-electron chi connectivity index (χ0n) is 5.43. The van der Waals surface area contributed by atoms with Crippen molar-refractivity contribution in [3.63, 3.8) is 0 Å². The van der Waals surface area contributed by atoms with Gasteiger partial charge in [0.1, 0.15) is 24.4 Å². The summed E-state index contributed by atoms with van der Waals surface area (Å²) < 4.78 is 10.1. The fraction of sp³-hybridized carbons (Fsp3) is 1.00. The Balaban J connectivity index is 1.74. The molecule has 2 saturated heterocycles. The van der Waals surface area contributed by atoms with Gasteiger partial charge in [-0.15, -0.1) is 0 Å². The summed E-state index contributed by atoms with van der Waals surface area (Å²) in [5, 5.41) is 17.1. The molecule has 0 aromatic heterocycles. The lowest BCUT2D eigenvalue weighted by molar-refractivity contribution is 0.235. The highest BCUT2D eigenvalue weighted by molar-refractivity contribution is 5.02. The average Bonchev–Trinajstić information content (AvgIpc) is 2.83. The lowest BCUT2D eigenvalue weighted by Gasteiger charge is -1.82. The molecule has 0 aromatic carbocycles. The molecule has 0 spiro atoms. The monoisotopic (exact) mass is 146 g/mol. The third-order valence-corrected chi connectivity index (χ3v) is 1.93. The van der Waals surface area contributed by atoms with Crippen molar-refractivity contribution in [2.24, 2.45) is 0 Å². The zero-order chi connectivity index (χ0) is 7.14. The highest BCUT2D eigenvalue weighted by Crippen LogP contribution is 2.37. The first-order chi connectivity index (χ1) is 4.86. The minimum Gasteiger partial charge on any atom is -0.394 e. The molecule has 10 heavy (non-hydrogen) atoms. The zero-order valence-corrected chi connectivity index (χ0v) is 5.43. The molecule has 2 aliphatic rings. The van der Waals surface area contributed by atoms with E-state index in [0.717, 1.165) is 0 Å². The van der Waals surface area contributed by atoms with Gasteiger partial charge >= 0.3 is 0 Å². The summed E-state index contributed by atoms with van der Waals surface area (Å²) in [6.45, 7) is 0.116. The van der Waals surface area contributed by atoms with Crippen molar-refractivity contribution >= 4 is 0 Å². The van der Waals surface area contributed by atoms with Gasteiger partial charge in [0.25, 0.3) is 0 Å². The van der Waals surface area contributed by atoms with E-state index < -0.39 is 0 Å². The van der Waals surface area contributed by atoms with Gasteiger partial charge in [-0.2, -0.15) is 0 Å². The maximum atomic E-state index is 8.57. The molecule has 2 fully saturated rings. The third-order valence-electron chi connectivity index (χ3n) is 1.93. The Morgan fingerprint density at radius 2 is 1.30 bits per heavy atom. The van der Waals surface area contributed by atoms with Gasteiger partial charge in [-0.1, -0.05) is 0 Å². The summed E-state index contributed by atoms with van der Waals surface area (Å²) in [7, 11) is 0. The van der Waals surface area contributed by atoms with Crippen LogP contribution >= 0.6 is 0 Å². The first-order valence-electron chi connectivity index (χ1n) is 3.39. The molecule has 0 unspecified atom stereocenters. The Labute approximate surface area is 58.4 Å². The van der Waals surface area contributed by atoms with E-state index >= 15 is 0 Å². The van der Waals surface area contributed by atoms with Crippen LogP contribution in [0.15, 0.2) is 0 Å². The molecule has 0 amide bonds. The maximum Gasteiger partial charge on any atom is 0.115 e. The predicted molar refractivity (Wildman–Crippen MR) is 31.5 cm³/mol. The standard InChI is InChI=1S/C6H10O4/c7-1-3-5(9-3)6-4(2-8)10-6/h3-8H,1-2H2/t3-,4-,5+,6+/m1/s1.